The van der Waals surface area contributed by atoms with Gasteiger partial charge in [-0.05, 0) is 53.3 Å². The first-order valence-electron chi connectivity index (χ1n) is 5.66. The Hall–Kier alpha value is -1.77. The monoisotopic (exact) mass is 392 g/mol. The van der Waals surface area contributed by atoms with Gasteiger partial charge in [-0.25, -0.2) is 9.59 Å². The third kappa shape index (κ3) is 5.08. The summed E-state index contributed by atoms with van der Waals surface area (Å²) in [5.74, 6) is -1.42. The number of halogens is 1. The summed E-state index contributed by atoms with van der Waals surface area (Å²) < 4.78 is 11.2. The lowest BCUT2D eigenvalue weighted by atomic mass is 10.2. The second-order valence-electron chi connectivity index (χ2n) is 3.62. The third-order valence-corrected chi connectivity index (χ3v) is 2.89. The average molecular weight is 392 g/mol. The number of ether oxygens (including phenoxy) is 2. The number of hydrogen-bond acceptors (Lipinski definition) is 4. The van der Waals surface area contributed by atoms with Crippen LogP contribution in [-0.2, 0) is 9.59 Å². The summed E-state index contributed by atoms with van der Waals surface area (Å²) in [6, 6.07) is 3.28. The van der Waals surface area contributed by atoms with E-state index in [4.69, 9.17) is 19.7 Å². The summed E-state index contributed by atoms with van der Waals surface area (Å²) in [7, 11) is 0. The average Bonchev–Trinajstić information content (AvgIpc) is 2.35. The Kier molecular flexibility index (Phi) is 6.29. The van der Waals surface area contributed by atoms with E-state index >= 15 is 0 Å². The molecule has 7 heteroatoms. The smallest absolute Gasteiger partial charge is 0.341 e. The topological polar surface area (TPSA) is 93.1 Å². The maximum Gasteiger partial charge on any atom is 0.341 e. The van der Waals surface area contributed by atoms with Gasteiger partial charge >= 0.3 is 11.9 Å². The Morgan fingerprint density at radius 1 is 1.30 bits per heavy atom. The molecule has 1 aromatic rings. The molecule has 20 heavy (non-hydrogen) atoms. The van der Waals surface area contributed by atoms with Crippen LogP contribution in [0.3, 0.4) is 0 Å². The van der Waals surface area contributed by atoms with Gasteiger partial charge in [-0.2, -0.15) is 0 Å². The van der Waals surface area contributed by atoms with Crippen LogP contribution in [0.5, 0.6) is 11.5 Å². The van der Waals surface area contributed by atoms with E-state index < -0.39 is 18.5 Å². The van der Waals surface area contributed by atoms with Gasteiger partial charge in [-0.15, -0.1) is 0 Å². The van der Waals surface area contributed by atoms with E-state index in [2.05, 4.69) is 0 Å². The fourth-order valence-corrected chi connectivity index (χ4v) is 2.17. The van der Waals surface area contributed by atoms with Crippen LogP contribution in [-0.4, -0.2) is 35.4 Å². The van der Waals surface area contributed by atoms with Crippen LogP contribution in [0.25, 0.3) is 6.08 Å². The molecule has 1 rings (SSSR count). The molecule has 0 aliphatic heterocycles. The molecule has 1 aromatic carbocycles. The highest BCUT2D eigenvalue weighted by molar-refractivity contribution is 14.1. The number of rotatable bonds is 7. The molecular weight excluding hydrogens is 379 g/mol. The van der Waals surface area contributed by atoms with Crippen LogP contribution in [0.4, 0.5) is 0 Å². The zero-order valence-electron chi connectivity index (χ0n) is 10.6. The van der Waals surface area contributed by atoms with Gasteiger partial charge in [0.2, 0.25) is 0 Å². The SMILES string of the molecule is CCOc1cc(C=CC(=O)O)cc(I)c1OCC(=O)O. The highest BCUT2D eigenvalue weighted by atomic mass is 127. The Morgan fingerprint density at radius 2 is 2.00 bits per heavy atom. The highest BCUT2D eigenvalue weighted by Crippen LogP contribution is 2.34. The largest absolute Gasteiger partial charge is 0.490 e. The summed E-state index contributed by atoms with van der Waals surface area (Å²) in [5.41, 5.74) is 0.628. The number of hydrogen-bond donors (Lipinski definition) is 2. The quantitative estimate of drug-likeness (QED) is 0.546. The molecule has 0 amide bonds. The van der Waals surface area contributed by atoms with Crippen LogP contribution >= 0.6 is 22.6 Å². The third-order valence-electron chi connectivity index (χ3n) is 2.09. The molecule has 0 fully saturated rings. The fraction of sp³-hybridized carbons (Fsp3) is 0.231. The Labute approximate surface area is 129 Å². The van der Waals surface area contributed by atoms with E-state index in [1.54, 1.807) is 19.1 Å². The molecule has 0 spiro atoms. The molecule has 2 N–H and O–H groups in total. The minimum Gasteiger partial charge on any atom is -0.490 e. The zero-order valence-corrected chi connectivity index (χ0v) is 12.8. The van der Waals surface area contributed by atoms with E-state index in [0.717, 1.165) is 6.08 Å². The normalized spacial score (nSPS) is 10.5. The van der Waals surface area contributed by atoms with Gasteiger partial charge in [0, 0.05) is 6.08 Å². The molecule has 0 aliphatic rings. The molecule has 0 saturated carbocycles. The number of carbonyl (C=O) groups is 2. The van der Waals surface area contributed by atoms with E-state index in [1.165, 1.54) is 6.08 Å². The molecule has 0 heterocycles. The maximum atomic E-state index is 10.6. The molecule has 0 radical (unpaired) electrons. The van der Waals surface area contributed by atoms with E-state index in [1.807, 2.05) is 22.6 Å². The van der Waals surface area contributed by atoms with Crippen molar-refractivity contribution in [1.82, 2.24) is 0 Å². The van der Waals surface area contributed by atoms with Gasteiger partial charge < -0.3 is 19.7 Å². The molecule has 0 bridgehead atoms. The van der Waals surface area contributed by atoms with Crippen molar-refractivity contribution in [2.24, 2.45) is 0 Å². The lowest BCUT2D eigenvalue weighted by molar-refractivity contribution is -0.139. The van der Waals surface area contributed by atoms with Crippen LogP contribution in [0, 0.1) is 3.57 Å². The predicted octanol–water partition coefficient (Wildman–Crippen LogP) is 2.25. The van der Waals surface area contributed by atoms with Crippen molar-refractivity contribution in [1.29, 1.82) is 0 Å². The lowest BCUT2D eigenvalue weighted by Gasteiger charge is -2.13. The maximum absolute atomic E-state index is 10.6. The van der Waals surface area contributed by atoms with Gasteiger partial charge in [0.05, 0.1) is 10.2 Å². The molecule has 0 aromatic heterocycles. The number of carboxylic acid groups (broad SMARTS) is 2. The predicted molar refractivity (Wildman–Crippen MR) is 80.1 cm³/mol. The van der Waals surface area contributed by atoms with Gasteiger partial charge in [0.1, 0.15) is 0 Å². The minimum atomic E-state index is -1.09. The summed E-state index contributed by atoms with van der Waals surface area (Å²) in [6.45, 7) is 1.69. The highest BCUT2D eigenvalue weighted by Gasteiger charge is 2.13. The molecule has 108 valence electrons. The minimum absolute atomic E-state index is 0.335. The summed E-state index contributed by atoms with van der Waals surface area (Å²) in [4.78, 5) is 21.1. The Morgan fingerprint density at radius 3 is 2.55 bits per heavy atom. The van der Waals surface area contributed by atoms with E-state index in [0.29, 0.717) is 27.2 Å². The van der Waals surface area contributed by atoms with Gasteiger partial charge in [-0.3, -0.25) is 0 Å². The second kappa shape index (κ2) is 7.73. The summed E-state index contributed by atoms with van der Waals surface area (Å²) in [6.07, 6.45) is 2.44. The van der Waals surface area contributed by atoms with Gasteiger partial charge in [0.15, 0.2) is 18.1 Å². The van der Waals surface area contributed by atoms with Crippen LogP contribution in [0.2, 0.25) is 0 Å². The Bertz CT molecular complexity index is 538. The summed E-state index contributed by atoms with van der Waals surface area (Å²) in [5, 5.41) is 17.2. The van der Waals surface area contributed by atoms with Crippen LogP contribution in [0.1, 0.15) is 12.5 Å². The summed E-state index contributed by atoms with van der Waals surface area (Å²) >= 11 is 1.98. The number of carboxylic acids is 2. The molecule has 0 aliphatic carbocycles. The first-order chi connectivity index (χ1) is 9.43. The molecule has 0 atom stereocenters. The standard InChI is InChI=1S/C13H13IO6/c1-2-19-10-6-8(3-4-11(15)16)5-9(14)13(10)20-7-12(17)18/h3-6H,2,7H2,1H3,(H,15,16)(H,17,18). The fourth-order valence-electron chi connectivity index (χ4n) is 1.39. The van der Waals surface area contributed by atoms with Crippen LogP contribution < -0.4 is 9.47 Å². The first-order valence-corrected chi connectivity index (χ1v) is 6.73. The van der Waals surface area contributed by atoms with Crippen molar-refractivity contribution in [3.8, 4) is 11.5 Å². The van der Waals surface area contributed by atoms with E-state index in [-0.39, 0.29) is 0 Å². The van der Waals surface area contributed by atoms with Gasteiger partial charge in [0.25, 0.3) is 0 Å². The van der Waals surface area contributed by atoms with Crippen molar-refractivity contribution >= 4 is 40.6 Å². The zero-order chi connectivity index (χ0) is 15.1. The Balaban J connectivity index is 3.10. The second-order valence-corrected chi connectivity index (χ2v) is 4.78. The molecule has 6 nitrogen and oxygen atoms in total. The molecule has 0 unspecified atom stereocenters. The van der Waals surface area contributed by atoms with Crippen molar-refractivity contribution in [3.63, 3.8) is 0 Å². The van der Waals surface area contributed by atoms with Crippen LogP contribution in [0.15, 0.2) is 18.2 Å². The van der Waals surface area contributed by atoms with Gasteiger partial charge in [-0.1, -0.05) is 0 Å². The van der Waals surface area contributed by atoms with Crippen molar-refractivity contribution < 1.29 is 29.3 Å². The number of aliphatic carboxylic acids is 2. The lowest BCUT2D eigenvalue weighted by Crippen LogP contribution is -2.11. The molecular formula is C13H13IO6. The van der Waals surface area contributed by atoms with Crippen molar-refractivity contribution in [2.45, 2.75) is 6.92 Å². The van der Waals surface area contributed by atoms with Crippen molar-refractivity contribution in [3.05, 3.63) is 27.3 Å². The first kappa shape index (κ1) is 16.3. The number of benzene rings is 1. The van der Waals surface area contributed by atoms with Crippen molar-refractivity contribution in [2.75, 3.05) is 13.2 Å². The van der Waals surface area contributed by atoms with E-state index in [9.17, 15) is 9.59 Å². The molecule has 0 saturated heterocycles.